The van der Waals surface area contributed by atoms with Gasteiger partial charge >= 0.3 is 17.9 Å². The average molecular weight is 1130 g/mol. The van der Waals surface area contributed by atoms with Gasteiger partial charge in [-0.3, -0.25) is 14.4 Å². The Kier molecular flexibility index (Phi) is 65.7. The zero-order valence-corrected chi connectivity index (χ0v) is 53.5. The van der Waals surface area contributed by atoms with Crippen LogP contribution in [0.4, 0.5) is 0 Å². The van der Waals surface area contributed by atoms with Crippen LogP contribution in [0.2, 0.25) is 0 Å². The Morgan fingerprint density at radius 1 is 0.259 bits per heavy atom. The standard InChI is InChI=1S/C75H130O6/c1-4-7-10-13-16-19-22-25-28-31-33-35-37-38-39-41-42-44-47-50-53-56-59-62-65-68-74(77)80-71-72(70-79-73(76)67-64-61-58-55-52-49-46-30-27-24-21-18-15-12-9-6-3)81-75(78)69-66-63-60-57-54-51-48-45-43-40-36-34-32-29-26-23-20-17-14-11-8-5-2/h7,10,16,19,21,24-25,28,30,33,35,38-39,42,44,46,72H,4-6,8-9,11-15,17-18,20,22-23,26-27,29,31-32,34,36-37,40-41,43,45,47-71H2,1-3H3/b10-7-,19-16-,24-21-,28-25-,35-33-,39-38-,44-42-,46-30-. The van der Waals surface area contributed by atoms with E-state index in [9.17, 15) is 14.4 Å². The summed E-state index contributed by atoms with van der Waals surface area (Å²) in [4.78, 5) is 38.5. The third-order valence-electron chi connectivity index (χ3n) is 15.1. The smallest absolute Gasteiger partial charge is 0.306 e. The number of ether oxygens (including phenoxy) is 3. The molecular weight excluding hydrogens is 997 g/mol. The molecule has 1 atom stereocenters. The first-order chi connectivity index (χ1) is 40.0. The predicted octanol–water partition coefficient (Wildman–Crippen LogP) is 24.0. The Labute approximate surface area is 502 Å². The number of unbranched alkanes of at least 4 members (excludes halogenated alkanes) is 36. The summed E-state index contributed by atoms with van der Waals surface area (Å²) in [6.07, 6.45) is 92.8. The molecule has 0 amide bonds. The summed E-state index contributed by atoms with van der Waals surface area (Å²) in [6, 6.07) is 0. The lowest BCUT2D eigenvalue weighted by molar-refractivity contribution is -0.167. The first-order valence-electron chi connectivity index (χ1n) is 34.7. The van der Waals surface area contributed by atoms with Gasteiger partial charge in [-0.15, -0.1) is 0 Å². The van der Waals surface area contributed by atoms with Crippen LogP contribution in [0.1, 0.15) is 342 Å². The predicted molar refractivity (Wildman–Crippen MR) is 353 cm³/mol. The zero-order chi connectivity index (χ0) is 58.5. The minimum absolute atomic E-state index is 0.0871. The molecule has 6 heteroatoms. The van der Waals surface area contributed by atoms with Crippen molar-refractivity contribution in [2.24, 2.45) is 0 Å². The van der Waals surface area contributed by atoms with Crippen LogP contribution >= 0.6 is 0 Å². The van der Waals surface area contributed by atoms with Crippen LogP contribution in [0.3, 0.4) is 0 Å². The molecule has 1 unspecified atom stereocenters. The third-order valence-corrected chi connectivity index (χ3v) is 15.1. The fourth-order valence-electron chi connectivity index (χ4n) is 9.89. The van der Waals surface area contributed by atoms with Crippen molar-refractivity contribution in [1.82, 2.24) is 0 Å². The van der Waals surface area contributed by atoms with Gasteiger partial charge in [0.25, 0.3) is 0 Å². The van der Waals surface area contributed by atoms with Crippen molar-refractivity contribution in [2.45, 2.75) is 348 Å². The van der Waals surface area contributed by atoms with Gasteiger partial charge in [0.15, 0.2) is 6.10 Å². The van der Waals surface area contributed by atoms with Crippen molar-refractivity contribution < 1.29 is 28.6 Å². The minimum atomic E-state index is -0.791. The van der Waals surface area contributed by atoms with Crippen molar-refractivity contribution in [3.63, 3.8) is 0 Å². The molecular formula is C75H130O6. The van der Waals surface area contributed by atoms with E-state index < -0.39 is 6.10 Å². The number of esters is 3. The monoisotopic (exact) mass is 1130 g/mol. The number of rotatable bonds is 63. The highest BCUT2D eigenvalue weighted by molar-refractivity contribution is 5.71. The van der Waals surface area contributed by atoms with Crippen LogP contribution in [-0.4, -0.2) is 37.2 Å². The van der Waals surface area contributed by atoms with Crippen LogP contribution in [-0.2, 0) is 28.6 Å². The fraction of sp³-hybridized carbons (Fsp3) is 0.747. The van der Waals surface area contributed by atoms with Crippen molar-refractivity contribution in [3.05, 3.63) is 97.2 Å². The maximum absolute atomic E-state index is 13.0. The Hall–Kier alpha value is -3.67. The van der Waals surface area contributed by atoms with Gasteiger partial charge in [0, 0.05) is 19.3 Å². The summed E-state index contributed by atoms with van der Waals surface area (Å²) in [6.45, 7) is 6.53. The molecule has 0 aromatic heterocycles. The van der Waals surface area contributed by atoms with Crippen LogP contribution in [0.15, 0.2) is 97.2 Å². The van der Waals surface area contributed by atoms with Crippen molar-refractivity contribution in [3.8, 4) is 0 Å². The van der Waals surface area contributed by atoms with Gasteiger partial charge in [0.05, 0.1) is 0 Å². The molecule has 0 heterocycles. The van der Waals surface area contributed by atoms with Gasteiger partial charge < -0.3 is 14.2 Å². The maximum Gasteiger partial charge on any atom is 0.306 e. The molecule has 0 bridgehead atoms. The van der Waals surface area contributed by atoms with E-state index in [0.717, 1.165) is 128 Å². The molecule has 0 aromatic carbocycles. The first-order valence-corrected chi connectivity index (χ1v) is 34.7. The molecule has 6 nitrogen and oxygen atoms in total. The molecule has 0 rings (SSSR count). The number of allylic oxidation sites excluding steroid dienone is 16. The molecule has 0 saturated carbocycles. The maximum atomic E-state index is 13.0. The molecule has 0 fully saturated rings. The van der Waals surface area contributed by atoms with Crippen molar-refractivity contribution in [1.29, 1.82) is 0 Å². The minimum Gasteiger partial charge on any atom is -0.462 e. The Morgan fingerprint density at radius 3 is 0.765 bits per heavy atom. The molecule has 0 aliphatic rings. The molecule has 0 aromatic rings. The van der Waals surface area contributed by atoms with E-state index in [-0.39, 0.29) is 31.1 Å². The van der Waals surface area contributed by atoms with E-state index in [1.54, 1.807) is 0 Å². The molecule has 0 radical (unpaired) electrons. The Bertz CT molecular complexity index is 1580. The van der Waals surface area contributed by atoms with Crippen LogP contribution < -0.4 is 0 Å². The summed E-state index contributed by atoms with van der Waals surface area (Å²) in [7, 11) is 0. The molecule has 466 valence electrons. The van der Waals surface area contributed by atoms with E-state index in [1.807, 2.05) is 0 Å². The second-order valence-corrected chi connectivity index (χ2v) is 23.1. The summed E-state index contributed by atoms with van der Waals surface area (Å²) in [5.74, 6) is -0.897. The summed E-state index contributed by atoms with van der Waals surface area (Å²) < 4.78 is 17.0. The first kappa shape index (κ1) is 77.3. The largest absolute Gasteiger partial charge is 0.462 e. The highest BCUT2D eigenvalue weighted by Crippen LogP contribution is 2.17. The van der Waals surface area contributed by atoms with Gasteiger partial charge in [-0.1, -0.05) is 317 Å². The quantitative estimate of drug-likeness (QED) is 0.0261. The summed E-state index contributed by atoms with van der Waals surface area (Å²) >= 11 is 0. The topological polar surface area (TPSA) is 78.9 Å². The van der Waals surface area contributed by atoms with E-state index in [1.165, 1.54) is 173 Å². The Balaban J connectivity index is 4.39. The van der Waals surface area contributed by atoms with Gasteiger partial charge in [-0.2, -0.15) is 0 Å². The number of carbonyl (C=O) groups is 3. The molecule has 0 N–H and O–H groups in total. The molecule has 0 spiro atoms. The van der Waals surface area contributed by atoms with Gasteiger partial charge in [0.2, 0.25) is 0 Å². The lowest BCUT2D eigenvalue weighted by Gasteiger charge is -2.18. The SMILES string of the molecule is CC/C=C\C/C=C\C/C=C\C/C=C\C/C=C\C/C=C\CCCCCCCCC(=O)OCC(COC(=O)CCCCCCC/C=C\C/C=C\CCCCCC)OC(=O)CCCCCCCCCCCCCCCCCCCCCCCC. The highest BCUT2D eigenvalue weighted by atomic mass is 16.6. The second kappa shape index (κ2) is 68.8. The second-order valence-electron chi connectivity index (χ2n) is 23.1. The molecule has 81 heavy (non-hydrogen) atoms. The van der Waals surface area contributed by atoms with E-state index in [2.05, 4.69) is 118 Å². The lowest BCUT2D eigenvalue weighted by atomic mass is 10.0. The van der Waals surface area contributed by atoms with Crippen LogP contribution in [0.25, 0.3) is 0 Å². The van der Waals surface area contributed by atoms with Crippen LogP contribution in [0.5, 0.6) is 0 Å². The van der Waals surface area contributed by atoms with Crippen molar-refractivity contribution >= 4 is 17.9 Å². The molecule has 0 aliphatic heterocycles. The number of carbonyl (C=O) groups excluding carboxylic acids is 3. The summed E-state index contributed by atoms with van der Waals surface area (Å²) in [5, 5.41) is 0. The van der Waals surface area contributed by atoms with Gasteiger partial charge in [-0.25, -0.2) is 0 Å². The lowest BCUT2D eigenvalue weighted by Crippen LogP contribution is -2.30. The number of hydrogen-bond donors (Lipinski definition) is 0. The fourth-order valence-corrected chi connectivity index (χ4v) is 9.89. The number of hydrogen-bond acceptors (Lipinski definition) is 6. The van der Waals surface area contributed by atoms with Gasteiger partial charge in [0.1, 0.15) is 13.2 Å². The third kappa shape index (κ3) is 67.0. The van der Waals surface area contributed by atoms with Gasteiger partial charge in [-0.05, 0) is 103 Å². The Morgan fingerprint density at radius 2 is 0.481 bits per heavy atom. The molecule has 0 saturated heterocycles. The highest BCUT2D eigenvalue weighted by Gasteiger charge is 2.19. The normalized spacial score (nSPS) is 12.7. The molecule has 0 aliphatic carbocycles. The summed E-state index contributed by atoms with van der Waals surface area (Å²) in [5.41, 5.74) is 0. The van der Waals surface area contributed by atoms with Crippen molar-refractivity contribution in [2.75, 3.05) is 13.2 Å². The zero-order valence-electron chi connectivity index (χ0n) is 53.5. The van der Waals surface area contributed by atoms with E-state index >= 15 is 0 Å². The van der Waals surface area contributed by atoms with Crippen LogP contribution in [0, 0.1) is 0 Å². The van der Waals surface area contributed by atoms with E-state index in [0.29, 0.717) is 19.3 Å². The average Bonchev–Trinajstić information content (AvgIpc) is 3.47. The van der Waals surface area contributed by atoms with E-state index in [4.69, 9.17) is 14.2 Å².